The predicted octanol–water partition coefficient (Wildman–Crippen LogP) is 3.10. The molecule has 6 nitrogen and oxygen atoms in total. The predicted molar refractivity (Wildman–Crippen MR) is 112 cm³/mol. The largest absolute Gasteiger partial charge is 0.380 e. The Kier molecular flexibility index (Phi) is 8.13. The van der Waals surface area contributed by atoms with Gasteiger partial charge in [0.15, 0.2) is 0 Å². The first kappa shape index (κ1) is 21.3. The molecule has 7 heteroatoms. The van der Waals surface area contributed by atoms with Crippen LogP contribution in [0.3, 0.4) is 0 Å². The molecule has 2 heterocycles. The summed E-state index contributed by atoms with van der Waals surface area (Å²) in [6, 6.07) is 12.4. The minimum Gasteiger partial charge on any atom is -0.380 e. The van der Waals surface area contributed by atoms with E-state index in [-0.39, 0.29) is 24.4 Å². The highest BCUT2D eigenvalue weighted by Gasteiger charge is 2.19. The maximum Gasteiger partial charge on any atom is 0.271 e. The van der Waals surface area contributed by atoms with Crippen molar-refractivity contribution >= 4 is 24.0 Å². The molecule has 1 amide bonds. The van der Waals surface area contributed by atoms with E-state index in [0.717, 1.165) is 31.6 Å². The Hall–Kier alpha value is -2.05. The number of nitrogens with one attached hydrogen (secondary N) is 3. The average molecular weight is 392 g/mol. The fourth-order valence-corrected chi connectivity index (χ4v) is 3.22. The summed E-state index contributed by atoms with van der Waals surface area (Å²) in [6.07, 6.45) is 4.16. The van der Waals surface area contributed by atoms with Gasteiger partial charge < -0.3 is 16.0 Å². The molecule has 2 unspecified atom stereocenters. The highest BCUT2D eigenvalue weighted by Crippen LogP contribution is 2.16. The van der Waals surface area contributed by atoms with Gasteiger partial charge in [0.2, 0.25) is 0 Å². The summed E-state index contributed by atoms with van der Waals surface area (Å²) < 4.78 is 1.92. The quantitative estimate of drug-likeness (QED) is 0.678. The third-order valence-electron chi connectivity index (χ3n) is 4.90. The Morgan fingerprint density at radius 2 is 2.07 bits per heavy atom. The van der Waals surface area contributed by atoms with Crippen molar-refractivity contribution in [2.75, 3.05) is 25.0 Å². The maximum atomic E-state index is 12.5. The van der Waals surface area contributed by atoms with Crippen molar-refractivity contribution in [3.63, 3.8) is 0 Å². The van der Waals surface area contributed by atoms with Crippen LogP contribution in [0, 0.1) is 5.92 Å². The Morgan fingerprint density at radius 3 is 2.74 bits per heavy atom. The number of carbonyl (C=O) groups is 1. The lowest BCUT2D eigenvalue weighted by Crippen LogP contribution is -2.39. The molecule has 0 spiro atoms. The lowest BCUT2D eigenvalue weighted by Gasteiger charge is -2.24. The number of anilines is 1. The van der Waals surface area contributed by atoms with Crippen LogP contribution < -0.4 is 16.0 Å². The molecule has 1 fully saturated rings. The summed E-state index contributed by atoms with van der Waals surface area (Å²) >= 11 is 0. The molecule has 0 saturated carbocycles. The second kappa shape index (κ2) is 10.3. The van der Waals surface area contributed by atoms with Crippen LogP contribution in [0.1, 0.15) is 43.2 Å². The number of amides is 1. The van der Waals surface area contributed by atoms with Crippen molar-refractivity contribution in [2.45, 2.75) is 38.8 Å². The monoisotopic (exact) mass is 391 g/mol. The summed E-state index contributed by atoms with van der Waals surface area (Å²) in [5, 5.41) is 14.4. The lowest BCUT2D eigenvalue weighted by molar-refractivity contribution is 0.0944. The number of carbonyl (C=O) groups excluding carboxylic acids is 1. The van der Waals surface area contributed by atoms with Crippen LogP contribution in [0.4, 0.5) is 5.69 Å². The molecule has 0 radical (unpaired) electrons. The van der Waals surface area contributed by atoms with Crippen molar-refractivity contribution in [1.29, 1.82) is 0 Å². The number of nitrogens with zero attached hydrogens (tertiary/aromatic N) is 2. The second-order valence-electron chi connectivity index (χ2n) is 7.25. The molecule has 3 rings (SSSR count). The first-order valence-electron chi connectivity index (χ1n) is 9.49. The third kappa shape index (κ3) is 5.97. The molecule has 2 aromatic rings. The van der Waals surface area contributed by atoms with Gasteiger partial charge in [-0.1, -0.05) is 32.0 Å². The average Bonchev–Trinajstić information content (AvgIpc) is 3.16. The van der Waals surface area contributed by atoms with E-state index in [4.69, 9.17) is 0 Å². The molecule has 1 aromatic heterocycles. The Labute approximate surface area is 167 Å². The van der Waals surface area contributed by atoms with E-state index < -0.39 is 0 Å². The molecule has 1 aromatic carbocycles. The van der Waals surface area contributed by atoms with Crippen LogP contribution in [0.15, 0.2) is 42.6 Å². The van der Waals surface area contributed by atoms with Gasteiger partial charge in [-0.3, -0.25) is 9.48 Å². The fraction of sp³-hybridized carbons (Fsp3) is 0.500. The van der Waals surface area contributed by atoms with E-state index in [1.54, 1.807) is 6.07 Å². The number of hydrogen-bond acceptors (Lipinski definition) is 4. The zero-order valence-corrected chi connectivity index (χ0v) is 16.8. The highest BCUT2D eigenvalue weighted by atomic mass is 35.5. The van der Waals surface area contributed by atoms with Crippen molar-refractivity contribution in [1.82, 2.24) is 20.4 Å². The molecular weight excluding hydrogens is 362 g/mol. The van der Waals surface area contributed by atoms with E-state index in [0.29, 0.717) is 24.2 Å². The van der Waals surface area contributed by atoms with Gasteiger partial charge in [0, 0.05) is 31.0 Å². The molecule has 1 aliphatic heterocycles. The van der Waals surface area contributed by atoms with Crippen molar-refractivity contribution in [2.24, 2.45) is 5.92 Å². The number of para-hydroxylation sites is 1. The molecular formula is C20H30ClN5O. The van der Waals surface area contributed by atoms with Gasteiger partial charge >= 0.3 is 0 Å². The molecule has 148 valence electrons. The summed E-state index contributed by atoms with van der Waals surface area (Å²) in [5.74, 6) is 0.273. The zero-order chi connectivity index (χ0) is 18.4. The molecule has 0 aliphatic carbocycles. The topological polar surface area (TPSA) is 71.0 Å². The standard InChI is InChI=1S/C20H29N5O.ClH/c1-15(2)19(23-16-7-4-3-5-8-16)14-22-20(26)18-10-12-25(24-18)17-9-6-11-21-13-17;/h3-5,7-8,10,12,15,17,19,21,23H,6,9,11,13-14H2,1-2H3,(H,22,26);1H. The maximum absolute atomic E-state index is 12.5. The minimum absolute atomic E-state index is 0. The van der Waals surface area contributed by atoms with Crippen molar-refractivity contribution in [3.05, 3.63) is 48.3 Å². The van der Waals surface area contributed by atoms with Gasteiger partial charge in [0.25, 0.3) is 5.91 Å². The zero-order valence-electron chi connectivity index (χ0n) is 16.0. The number of rotatable bonds is 7. The molecule has 1 saturated heterocycles. The summed E-state index contributed by atoms with van der Waals surface area (Å²) in [7, 11) is 0. The highest BCUT2D eigenvalue weighted by molar-refractivity contribution is 5.92. The normalized spacial score (nSPS) is 17.8. The summed E-state index contributed by atoms with van der Waals surface area (Å²) in [5.41, 5.74) is 1.55. The third-order valence-corrected chi connectivity index (χ3v) is 4.90. The molecule has 2 atom stereocenters. The molecule has 0 bridgehead atoms. The van der Waals surface area contributed by atoms with E-state index in [1.165, 1.54) is 0 Å². The lowest BCUT2D eigenvalue weighted by atomic mass is 10.0. The first-order valence-corrected chi connectivity index (χ1v) is 9.49. The molecule has 3 N–H and O–H groups in total. The van der Waals surface area contributed by atoms with Crippen LogP contribution in [-0.4, -0.2) is 41.4 Å². The van der Waals surface area contributed by atoms with Crippen LogP contribution in [-0.2, 0) is 0 Å². The van der Waals surface area contributed by atoms with Crippen LogP contribution in [0.25, 0.3) is 0 Å². The van der Waals surface area contributed by atoms with Crippen molar-refractivity contribution in [3.8, 4) is 0 Å². The van der Waals surface area contributed by atoms with E-state index >= 15 is 0 Å². The van der Waals surface area contributed by atoms with Gasteiger partial charge in [-0.2, -0.15) is 5.10 Å². The van der Waals surface area contributed by atoms with Crippen LogP contribution in [0.2, 0.25) is 0 Å². The number of aromatic nitrogens is 2. The van der Waals surface area contributed by atoms with Gasteiger partial charge in [-0.05, 0) is 43.5 Å². The smallest absolute Gasteiger partial charge is 0.271 e. The summed E-state index contributed by atoms with van der Waals surface area (Å²) in [4.78, 5) is 12.5. The fourth-order valence-electron chi connectivity index (χ4n) is 3.22. The van der Waals surface area contributed by atoms with E-state index in [2.05, 4.69) is 34.9 Å². The van der Waals surface area contributed by atoms with E-state index in [1.807, 2.05) is 41.2 Å². The summed E-state index contributed by atoms with van der Waals surface area (Å²) in [6.45, 7) is 6.84. The Balaban J connectivity index is 0.00000261. The Morgan fingerprint density at radius 1 is 1.30 bits per heavy atom. The Bertz CT molecular complexity index is 697. The van der Waals surface area contributed by atoms with E-state index in [9.17, 15) is 4.79 Å². The van der Waals surface area contributed by atoms with Crippen LogP contribution >= 0.6 is 12.4 Å². The van der Waals surface area contributed by atoms with Gasteiger partial charge in [-0.15, -0.1) is 12.4 Å². The van der Waals surface area contributed by atoms with Crippen LogP contribution in [0.5, 0.6) is 0 Å². The molecule has 1 aliphatic rings. The first-order chi connectivity index (χ1) is 12.6. The number of benzene rings is 1. The number of hydrogen-bond donors (Lipinski definition) is 3. The molecule has 27 heavy (non-hydrogen) atoms. The number of halogens is 1. The van der Waals surface area contributed by atoms with Gasteiger partial charge in [-0.25, -0.2) is 0 Å². The number of piperidine rings is 1. The van der Waals surface area contributed by atoms with Crippen molar-refractivity contribution < 1.29 is 4.79 Å². The van der Waals surface area contributed by atoms with Gasteiger partial charge in [0.05, 0.1) is 6.04 Å². The van der Waals surface area contributed by atoms with Gasteiger partial charge in [0.1, 0.15) is 5.69 Å². The SMILES string of the molecule is CC(C)C(CNC(=O)c1ccn(C2CCCNC2)n1)Nc1ccccc1.Cl. The second-order valence-corrected chi connectivity index (χ2v) is 7.25. The minimum atomic E-state index is -0.118.